The molecule has 1 heterocycles. The van der Waals surface area contributed by atoms with Crippen molar-refractivity contribution in [2.75, 3.05) is 4.90 Å². The molecular weight excluding hydrogens is 338 g/mol. The highest BCUT2D eigenvalue weighted by molar-refractivity contribution is 7.19. The number of aromatic nitrogens is 1. The molecule has 0 fully saturated rings. The summed E-state index contributed by atoms with van der Waals surface area (Å²) in [4.78, 5) is 6.81. The molecule has 0 aliphatic carbocycles. The molecule has 0 saturated carbocycles. The van der Waals surface area contributed by atoms with E-state index in [1.807, 2.05) is 66.9 Å². The van der Waals surface area contributed by atoms with Gasteiger partial charge in [-0.2, -0.15) is 5.26 Å². The van der Waals surface area contributed by atoms with E-state index < -0.39 is 0 Å². The highest BCUT2D eigenvalue weighted by Crippen LogP contribution is 2.39. The van der Waals surface area contributed by atoms with Crippen molar-refractivity contribution in [1.82, 2.24) is 4.98 Å². The molecule has 4 aromatic rings. The van der Waals surface area contributed by atoms with Crippen LogP contribution in [0.4, 0.5) is 16.4 Å². The summed E-state index contributed by atoms with van der Waals surface area (Å²) in [5, 5.41) is 10.9. The summed E-state index contributed by atoms with van der Waals surface area (Å²) in [7, 11) is 0. The SMILES string of the molecule is N#Cc1ccc(-c2ncc(N(c3ccccc3)c3ccccc3)s2)cc1. The zero-order chi connectivity index (χ0) is 17.8. The minimum absolute atomic E-state index is 0.653. The molecule has 0 unspecified atom stereocenters. The molecule has 3 aromatic carbocycles. The van der Waals surface area contributed by atoms with Crippen LogP contribution in [-0.2, 0) is 0 Å². The van der Waals surface area contributed by atoms with Crippen LogP contribution in [-0.4, -0.2) is 4.98 Å². The third-order valence-electron chi connectivity index (χ3n) is 4.00. The van der Waals surface area contributed by atoms with Crippen LogP contribution in [0.1, 0.15) is 5.56 Å². The summed E-state index contributed by atoms with van der Waals surface area (Å²) in [5.41, 5.74) is 3.85. The summed E-state index contributed by atoms with van der Waals surface area (Å²) < 4.78 is 0. The first kappa shape index (κ1) is 16.1. The van der Waals surface area contributed by atoms with Crippen LogP contribution in [0.3, 0.4) is 0 Å². The van der Waals surface area contributed by atoms with Gasteiger partial charge in [0.2, 0.25) is 0 Å². The van der Waals surface area contributed by atoms with Crippen LogP contribution >= 0.6 is 11.3 Å². The van der Waals surface area contributed by atoms with Gasteiger partial charge in [-0.25, -0.2) is 4.98 Å². The van der Waals surface area contributed by atoms with Crippen LogP contribution in [0.2, 0.25) is 0 Å². The maximum Gasteiger partial charge on any atom is 0.125 e. The fourth-order valence-electron chi connectivity index (χ4n) is 2.75. The summed E-state index contributed by atoms with van der Waals surface area (Å²) in [6.45, 7) is 0. The average Bonchev–Trinajstić information content (AvgIpc) is 3.19. The second kappa shape index (κ2) is 7.22. The minimum atomic E-state index is 0.653. The van der Waals surface area contributed by atoms with Crippen molar-refractivity contribution in [2.24, 2.45) is 0 Å². The minimum Gasteiger partial charge on any atom is -0.301 e. The van der Waals surface area contributed by atoms with Crippen molar-refractivity contribution in [3.63, 3.8) is 0 Å². The number of nitriles is 1. The van der Waals surface area contributed by atoms with E-state index in [4.69, 9.17) is 5.26 Å². The van der Waals surface area contributed by atoms with Gasteiger partial charge in [0.15, 0.2) is 0 Å². The van der Waals surface area contributed by atoms with Gasteiger partial charge in [-0.15, -0.1) is 0 Å². The Kier molecular flexibility index (Phi) is 4.46. The van der Waals surface area contributed by atoms with E-state index in [-0.39, 0.29) is 0 Å². The van der Waals surface area contributed by atoms with E-state index in [2.05, 4.69) is 40.2 Å². The molecule has 0 amide bonds. The first-order valence-electron chi connectivity index (χ1n) is 8.22. The Balaban J connectivity index is 1.75. The Morgan fingerprint density at radius 1 is 0.769 bits per heavy atom. The Hall–Kier alpha value is -3.42. The maximum atomic E-state index is 8.96. The van der Waals surface area contributed by atoms with E-state index in [9.17, 15) is 0 Å². The zero-order valence-corrected chi connectivity index (χ0v) is 14.7. The van der Waals surface area contributed by atoms with E-state index in [0.717, 1.165) is 26.9 Å². The van der Waals surface area contributed by atoms with E-state index >= 15 is 0 Å². The fourth-order valence-corrected chi connectivity index (χ4v) is 3.71. The van der Waals surface area contributed by atoms with E-state index in [1.54, 1.807) is 11.3 Å². The smallest absolute Gasteiger partial charge is 0.125 e. The number of thiazole rings is 1. The number of rotatable bonds is 4. The largest absolute Gasteiger partial charge is 0.301 e. The van der Waals surface area contributed by atoms with Gasteiger partial charge in [-0.3, -0.25) is 0 Å². The Morgan fingerprint density at radius 3 is 1.88 bits per heavy atom. The van der Waals surface area contributed by atoms with Crippen LogP contribution in [0.5, 0.6) is 0 Å². The molecule has 0 spiro atoms. The highest BCUT2D eigenvalue weighted by Gasteiger charge is 2.15. The summed E-state index contributed by atoms with van der Waals surface area (Å²) in [6.07, 6.45) is 1.90. The number of hydrogen-bond acceptors (Lipinski definition) is 4. The molecule has 4 rings (SSSR count). The summed E-state index contributed by atoms with van der Waals surface area (Å²) in [5.74, 6) is 0. The standard InChI is InChI=1S/C22H15N3S/c23-15-17-11-13-18(14-12-17)22-24-16-21(26-22)25(19-7-3-1-4-8-19)20-9-5-2-6-10-20/h1-14,16H. The van der Waals surface area contributed by atoms with Gasteiger partial charge in [-0.1, -0.05) is 59.9 Å². The molecule has 0 aliphatic rings. The fraction of sp³-hybridized carbons (Fsp3) is 0. The lowest BCUT2D eigenvalue weighted by Crippen LogP contribution is -2.07. The van der Waals surface area contributed by atoms with Crippen molar-refractivity contribution >= 4 is 27.7 Å². The third kappa shape index (κ3) is 3.21. The van der Waals surface area contributed by atoms with Crippen LogP contribution in [0.25, 0.3) is 10.6 Å². The van der Waals surface area contributed by atoms with E-state index in [0.29, 0.717) is 5.56 Å². The lowest BCUT2D eigenvalue weighted by Gasteiger charge is -2.22. The van der Waals surface area contributed by atoms with Gasteiger partial charge in [0.05, 0.1) is 17.8 Å². The summed E-state index contributed by atoms with van der Waals surface area (Å²) >= 11 is 1.63. The molecule has 0 radical (unpaired) electrons. The second-order valence-electron chi connectivity index (χ2n) is 5.70. The number of benzene rings is 3. The van der Waals surface area contributed by atoms with Crippen molar-refractivity contribution in [3.05, 3.63) is 96.7 Å². The molecule has 0 atom stereocenters. The Morgan fingerprint density at radius 2 is 1.35 bits per heavy atom. The first-order chi connectivity index (χ1) is 12.8. The third-order valence-corrected chi connectivity index (χ3v) is 5.04. The van der Waals surface area contributed by atoms with Gasteiger partial charge in [-0.05, 0) is 36.4 Å². The molecular formula is C22H15N3S. The average molecular weight is 353 g/mol. The van der Waals surface area contributed by atoms with Crippen LogP contribution < -0.4 is 4.90 Å². The molecule has 0 N–H and O–H groups in total. The number of nitrogens with zero attached hydrogens (tertiary/aromatic N) is 3. The van der Waals surface area contributed by atoms with Crippen LogP contribution in [0, 0.1) is 11.3 Å². The van der Waals surface area contributed by atoms with Gasteiger partial charge in [0, 0.05) is 16.9 Å². The number of hydrogen-bond donors (Lipinski definition) is 0. The highest BCUT2D eigenvalue weighted by atomic mass is 32.1. The molecule has 0 bridgehead atoms. The van der Waals surface area contributed by atoms with Crippen molar-refractivity contribution < 1.29 is 0 Å². The number of para-hydroxylation sites is 2. The lowest BCUT2D eigenvalue weighted by atomic mass is 10.1. The van der Waals surface area contributed by atoms with Gasteiger partial charge in [0.25, 0.3) is 0 Å². The zero-order valence-electron chi connectivity index (χ0n) is 13.9. The van der Waals surface area contributed by atoms with Crippen molar-refractivity contribution in [2.45, 2.75) is 0 Å². The predicted molar refractivity (Wildman–Crippen MR) is 107 cm³/mol. The summed E-state index contributed by atoms with van der Waals surface area (Å²) in [6, 6.07) is 30.2. The molecule has 1 aromatic heterocycles. The number of anilines is 3. The Bertz CT molecular complexity index is 993. The van der Waals surface area contributed by atoms with Gasteiger partial charge >= 0.3 is 0 Å². The second-order valence-corrected chi connectivity index (χ2v) is 6.71. The molecule has 26 heavy (non-hydrogen) atoms. The van der Waals surface area contributed by atoms with Crippen molar-refractivity contribution in [3.8, 4) is 16.6 Å². The molecule has 0 saturated heterocycles. The quantitative estimate of drug-likeness (QED) is 0.441. The van der Waals surface area contributed by atoms with Gasteiger partial charge in [0.1, 0.15) is 10.0 Å². The van der Waals surface area contributed by atoms with Gasteiger partial charge < -0.3 is 4.90 Å². The first-order valence-corrected chi connectivity index (χ1v) is 9.03. The maximum absolute atomic E-state index is 8.96. The molecule has 124 valence electrons. The monoisotopic (exact) mass is 353 g/mol. The topological polar surface area (TPSA) is 39.9 Å². The Labute approximate surface area is 156 Å². The molecule has 4 heteroatoms. The van der Waals surface area contributed by atoms with Crippen LogP contribution in [0.15, 0.2) is 91.1 Å². The molecule has 3 nitrogen and oxygen atoms in total. The van der Waals surface area contributed by atoms with Crippen molar-refractivity contribution in [1.29, 1.82) is 5.26 Å². The normalized spacial score (nSPS) is 10.3. The lowest BCUT2D eigenvalue weighted by molar-refractivity contribution is 1.29. The molecule has 0 aliphatic heterocycles. The predicted octanol–water partition coefficient (Wildman–Crippen LogP) is 6.15. The van der Waals surface area contributed by atoms with E-state index in [1.165, 1.54) is 0 Å².